The summed E-state index contributed by atoms with van der Waals surface area (Å²) < 4.78 is 0. The van der Waals surface area contributed by atoms with E-state index in [2.05, 4.69) is 14.9 Å². The monoisotopic (exact) mass is 283 g/mol. The maximum Gasteiger partial charge on any atom is 0.225 e. The van der Waals surface area contributed by atoms with Crippen LogP contribution in [0.15, 0.2) is 11.4 Å². The Labute approximate surface area is 114 Å². The van der Waals surface area contributed by atoms with Crippen LogP contribution in [0, 0.1) is 5.92 Å². The highest BCUT2D eigenvalue weighted by Crippen LogP contribution is 2.32. The van der Waals surface area contributed by atoms with E-state index in [0.29, 0.717) is 11.2 Å². The van der Waals surface area contributed by atoms with Crippen LogP contribution in [-0.4, -0.2) is 34.8 Å². The molecular weight excluding hydrogens is 270 g/mol. The molecule has 1 fully saturated rings. The zero-order valence-corrected chi connectivity index (χ0v) is 11.4. The summed E-state index contributed by atoms with van der Waals surface area (Å²) in [5, 5.41) is 12.4. The molecule has 2 aromatic heterocycles. The van der Waals surface area contributed by atoms with Gasteiger partial charge in [-0.3, -0.25) is 0 Å². The number of hydrogen-bond donors (Lipinski definition) is 1. The first-order chi connectivity index (χ1) is 8.78. The molecule has 0 aromatic carbocycles. The molecular formula is C12H14ClN3OS. The Bertz CT molecular complexity index is 559. The maximum atomic E-state index is 9.00. The third kappa shape index (κ3) is 2.18. The molecule has 0 radical (unpaired) electrons. The van der Waals surface area contributed by atoms with Crippen LogP contribution in [0.1, 0.15) is 12.8 Å². The van der Waals surface area contributed by atoms with Crippen LogP contribution < -0.4 is 4.90 Å². The van der Waals surface area contributed by atoms with E-state index in [0.717, 1.165) is 42.0 Å². The molecule has 2 aromatic rings. The molecule has 6 heteroatoms. The highest BCUT2D eigenvalue weighted by Gasteiger charge is 2.25. The number of aliphatic hydroxyl groups excluding tert-OH is 1. The molecule has 96 valence electrons. The second-order valence-corrected chi connectivity index (χ2v) is 5.80. The number of nitrogens with zero attached hydrogens (tertiary/aromatic N) is 3. The summed E-state index contributed by atoms with van der Waals surface area (Å²) in [4.78, 5) is 11.8. The Morgan fingerprint density at radius 3 is 3.22 bits per heavy atom. The van der Waals surface area contributed by atoms with Gasteiger partial charge < -0.3 is 10.0 Å². The van der Waals surface area contributed by atoms with Crippen LogP contribution in [0.2, 0.25) is 5.28 Å². The summed E-state index contributed by atoms with van der Waals surface area (Å²) in [5.74, 6) is 1.49. The Balaban J connectivity index is 1.92. The van der Waals surface area contributed by atoms with E-state index in [9.17, 15) is 0 Å². The largest absolute Gasteiger partial charge is 0.396 e. The smallest absolute Gasteiger partial charge is 0.225 e. The first-order valence-corrected chi connectivity index (χ1v) is 7.30. The molecule has 1 unspecified atom stereocenters. The summed E-state index contributed by atoms with van der Waals surface area (Å²) in [6.45, 7) is 2.18. The predicted octanol–water partition coefficient (Wildman–Crippen LogP) is 2.55. The number of anilines is 1. The molecule has 1 aliphatic heterocycles. The summed E-state index contributed by atoms with van der Waals surface area (Å²) >= 11 is 7.56. The van der Waals surface area contributed by atoms with Gasteiger partial charge in [-0.2, -0.15) is 4.98 Å². The van der Waals surface area contributed by atoms with Crippen LogP contribution in [-0.2, 0) is 0 Å². The normalized spacial score (nSPS) is 19.9. The SMILES string of the molecule is OCCC1CCN(c2nc(Cl)nc3sccc23)C1. The van der Waals surface area contributed by atoms with E-state index in [4.69, 9.17) is 16.7 Å². The van der Waals surface area contributed by atoms with Gasteiger partial charge in [0.2, 0.25) is 5.28 Å². The quantitative estimate of drug-likeness (QED) is 0.880. The van der Waals surface area contributed by atoms with Crippen molar-refractivity contribution in [1.82, 2.24) is 9.97 Å². The number of hydrogen-bond acceptors (Lipinski definition) is 5. The maximum absolute atomic E-state index is 9.00. The number of rotatable bonds is 3. The minimum Gasteiger partial charge on any atom is -0.396 e. The van der Waals surface area contributed by atoms with Crippen molar-refractivity contribution >= 4 is 39.0 Å². The second-order valence-electron chi connectivity index (χ2n) is 4.57. The summed E-state index contributed by atoms with van der Waals surface area (Å²) in [5.41, 5.74) is 0. The number of aromatic nitrogens is 2. The highest BCUT2D eigenvalue weighted by atomic mass is 35.5. The van der Waals surface area contributed by atoms with Gasteiger partial charge in [0, 0.05) is 19.7 Å². The minimum atomic E-state index is 0.261. The Morgan fingerprint density at radius 2 is 2.39 bits per heavy atom. The fourth-order valence-corrected chi connectivity index (χ4v) is 3.47. The Kier molecular flexibility index (Phi) is 3.37. The predicted molar refractivity (Wildman–Crippen MR) is 74.4 cm³/mol. The number of fused-ring (bicyclic) bond motifs is 1. The van der Waals surface area contributed by atoms with Crippen molar-refractivity contribution in [3.8, 4) is 0 Å². The number of aliphatic hydroxyl groups is 1. The van der Waals surface area contributed by atoms with Gasteiger partial charge in [0.15, 0.2) is 0 Å². The molecule has 3 rings (SSSR count). The van der Waals surface area contributed by atoms with Crippen LogP contribution in [0.25, 0.3) is 10.2 Å². The first-order valence-electron chi connectivity index (χ1n) is 6.04. The lowest BCUT2D eigenvalue weighted by Crippen LogP contribution is -2.21. The van der Waals surface area contributed by atoms with Crippen LogP contribution in [0.4, 0.5) is 5.82 Å². The Morgan fingerprint density at radius 1 is 1.50 bits per heavy atom. The van der Waals surface area contributed by atoms with Crippen molar-refractivity contribution < 1.29 is 5.11 Å². The molecule has 0 spiro atoms. The fraction of sp³-hybridized carbons (Fsp3) is 0.500. The topological polar surface area (TPSA) is 49.2 Å². The molecule has 1 N–H and O–H groups in total. The molecule has 18 heavy (non-hydrogen) atoms. The van der Waals surface area contributed by atoms with Gasteiger partial charge in [-0.25, -0.2) is 4.98 Å². The zero-order valence-electron chi connectivity index (χ0n) is 9.84. The van der Waals surface area contributed by atoms with E-state index in [1.807, 2.05) is 11.4 Å². The second kappa shape index (κ2) is 4.99. The first kappa shape index (κ1) is 12.1. The molecule has 0 amide bonds. The molecule has 0 bridgehead atoms. The summed E-state index contributed by atoms with van der Waals surface area (Å²) in [6, 6.07) is 2.05. The van der Waals surface area contributed by atoms with Crippen molar-refractivity contribution in [1.29, 1.82) is 0 Å². The number of halogens is 1. The van der Waals surface area contributed by atoms with Crippen molar-refractivity contribution in [2.45, 2.75) is 12.8 Å². The fourth-order valence-electron chi connectivity index (χ4n) is 2.50. The molecule has 3 heterocycles. The van der Waals surface area contributed by atoms with Gasteiger partial charge in [0.25, 0.3) is 0 Å². The standard InChI is InChI=1S/C12H14ClN3OS/c13-12-14-10(9-3-6-18-11(9)15-12)16-4-1-8(7-16)2-5-17/h3,6,8,17H,1-2,4-5,7H2. The van der Waals surface area contributed by atoms with Crippen LogP contribution >= 0.6 is 22.9 Å². The highest BCUT2D eigenvalue weighted by molar-refractivity contribution is 7.16. The van der Waals surface area contributed by atoms with Gasteiger partial charge in [0.05, 0.1) is 5.39 Å². The lowest BCUT2D eigenvalue weighted by atomic mass is 10.1. The van der Waals surface area contributed by atoms with Gasteiger partial charge >= 0.3 is 0 Å². The zero-order chi connectivity index (χ0) is 12.5. The van der Waals surface area contributed by atoms with E-state index < -0.39 is 0 Å². The summed E-state index contributed by atoms with van der Waals surface area (Å²) in [7, 11) is 0. The van der Waals surface area contributed by atoms with E-state index in [-0.39, 0.29) is 6.61 Å². The number of thiophene rings is 1. The summed E-state index contributed by atoms with van der Waals surface area (Å²) in [6.07, 6.45) is 1.97. The van der Waals surface area contributed by atoms with Gasteiger partial charge in [-0.1, -0.05) is 0 Å². The van der Waals surface area contributed by atoms with Gasteiger partial charge in [0.1, 0.15) is 10.6 Å². The molecule has 1 atom stereocenters. The molecule has 0 aliphatic carbocycles. The van der Waals surface area contributed by atoms with Crippen LogP contribution in [0.3, 0.4) is 0 Å². The molecule has 1 saturated heterocycles. The minimum absolute atomic E-state index is 0.261. The van der Waals surface area contributed by atoms with Crippen LogP contribution in [0.5, 0.6) is 0 Å². The Hall–Kier alpha value is -0.910. The lowest BCUT2D eigenvalue weighted by molar-refractivity contribution is 0.263. The third-order valence-electron chi connectivity index (χ3n) is 3.40. The van der Waals surface area contributed by atoms with Crippen molar-refractivity contribution in [2.75, 3.05) is 24.6 Å². The third-order valence-corrected chi connectivity index (χ3v) is 4.38. The van der Waals surface area contributed by atoms with Crippen molar-refractivity contribution in [3.05, 3.63) is 16.7 Å². The molecule has 4 nitrogen and oxygen atoms in total. The molecule has 0 saturated carbocycles. The van der Waals surface area contributed by atoms with E-state index >= 15 is 0 Å². The van der Waals surface area contributed by atoms with E-state index in [1.54, 1.807) is 11.3 Å². The molecule has 1 aliphatic rings. The van der Waals surface area contributed by atoms with Gasteiger partial charge in [-0.05, 0) is 41.8 Å². The van der Waals surface area contributed by atoms with E-state index in [1.165, 1.54) is 0 Å². The van der Waals surface area contributed by atoms with Gasteiger partial charge in [-0.15, -0.1) is 11.3 Å². The average Bonchev–Trinajstić information content (AvgIpc) is 2.96. The van der Waals surface area contributed by atoms with Crippen molar-refractivity contribution in [3.63, 3.8) is 0 Å². The lowest BCUT2D eigenvalue weighted by Gasteiger charge is -2.18. The van der Waals surface area contributed by atoms with Crippen molar-refractivity contribution in [2.24, 2.45) is 5.92 Å². The average molecular weight is 284 g/mol.